The Morgan fingerprint density at radius 1 is 0.205 bits per heavy atom. The van der Waals surface area contributed by atoms with Gasteiger partial charge in [-0.15, -0.1) is 0 Å². The molecule has 1 nitrogen and oxygen atoms in total. The van der Waals surface area contributed by atoms with Crippen LogP contribution in [0.4, 0.5) is 0 Å². The fraction of sp³-hybridized carbons (Fsp3) is 1.00. The van der Waals surface area contributed by atoms with Crippen molar-refractivity contribution < 1.29 is 0 Å². The fourth-order valence-corrected chi connectivity index (χ4v) is 6.07. The van der Waals surface area contributed by atoms with Crippen LogP contribution >= 0.6 is 0 Å². The summed E-state index contributed by atoms with van der Waals surface area (Å²) in [5.74, 6) is 0. The molecule has 0 aliphatic heterocycles. The van der Waals surface area contributed by atoms with Gasteiger partial charge in [0.2, 0.25) is 0 Å². The third kappa shape index (κ3) is 38.0. The molecule has 0 aliphatic rings. The van der Waals surface area contributed by atoms with Crippen LogP contribution in [0.2, 0.25) is 0 Å². The molecular weight excluding hydrogens is 470 g/mol. The van der Waals surface area contributed by atoms with Gasteiger partial charge in [0.25, 0.3) is 0 Å². The third-order valence-corrected chi connectivity index (χ3v) is 8.91. The smallest absolute Gasteiger partial charge is 0.00489 e. The summed E-state index contributed by atoms with van der Waals surface area (Å²) in [6.07, 6.45) is 49.7. The first-order chi connectivity index (χ1) is 19.4. The molecule has 1 heteroatoms. The van der Waals surface area contributed by atoms with Crippen LogP contribution in [-0.4, -0.2) is 13.1 Å². The van der Waals surface area contributed by atoms with E-state index in [9.17, 15) is 0 Å². The average Bonchev–Trinajstić information content (AvgIpc) is 2.95. The minimum absolute atomic E-state index is 1.25. The van der Waals surface area contributed by atoms with Crippen LogP contribution in [0.5, 0.6) is 0 Å². The van der Waals surface area contributed by atoms with Crippen molar-refractivity contribution in [2.75, 3.05) is 13.1 Å². The average molecular weight is 550 g/mol. The summed E-state index contributed by atoms with van der Waals surface area (Å²) in [5.41, 5.74) is 0. The van der Waals surface area contributed by atoms with Gasteiger partial charge >= 0.3 is 0 Å². The van der Waals surface area contributed by atoms with Gasteiger partial charge in [0, 0.05) is 0 Å². The predicted molar refractivity (Wildman–Crippen MR) is 181 cm³/mol. The van der Waals surface area contributed by atoms with Crippen LogP contribution in [0.15, 0.2) is 0 Å². The first-order valence-electron chi connectivity index (χ1n) is 19.1. The molecular formula is C38H79N. The Kier molecular flexibility index (Phi) is 37.9. The molecule has 0 unspecified atom stereocenters. The van der Waals surface area contributed by atoms with Crippen molar-refractivity contribution in [1.82, 2.24) is 5.32 Å². The van der Waals surface area contributed by atoms with Gasteiger partial charge < -0.3 is 5.32 Å². The highest BCUT2D eigenvalue weighted by Crippen LogP contribution is 2.15. The molecule has 0 radical (unpaired) electrons. The van der Waals surface area contributed by atoms with E-state index in [1.54, 1.807) is 0 Å². The van der Waals surface area contributed by atoms with E-state index in [1.807, 2.05) is 0 Å². The molecule has 0 spiro atoms. The molecule has 0 rings (SSSR count). The SMILES string of the molecule is CCCCCCCCCCCCCCCCCCCCCCNCCCCCCCCCCCCCCCC. The second-order valence-electron chi connectivity index (χ2n) is 13.1. The zero-order valence-electron chi connectivity index (χ0n) is 28.0. The van der Waals surface area contributed by atoms with Gasteiger partial charge in [0.05, 0.1) is 0 Å². The molecule has 39 heavy (non-hydrogen) atoms. The van der Waals surface area contributed by atoms with Crippen LogP contribution in [0.25, 0.3) is 0 Å². The van der Waals surface area contributed by atoms with Gasteiger partial charge in [-0.2, -0.15) is 0 Å². The summed E-state index contributed by atoms with van der Waals surface area (Å²) in [4.78, 5) is 0. The van der Waals surface area contributed by atoms with E-state index in [2.05, 4.69) is 19.2 Å². The monoisotopic (exact) mass is 550 g/mol. The topological polar surface area (TPSA) is 12.0 Å². The molecule has 0 fully saturated rings. The summed E-state index contributed by atoms with van der Waals surface area (Å²) in [7, 11) is 0. The highest BCUT2D eigenvalue weighted by Gasteiger charge is 1.97. The maximum atomic E-state index is 3.69. The Balaban J connectivity index is 3.01. The summed E-state index contributed by atoms with van der Waals surface area (Å²) in [5, 5.41) is 3.69. The number of nitrogens with one attached hydrogen (secondary N) is 1. The summed E-state index contributed by atoms with van der Waals surface area (Å²) in [6.45, 7) is 7.11. The third-order valence-electron chi connectivity index (χ3n) is 8.91. The van der Waals surface area contributed by atoms with E-state index in [1.165, 1.54) is 231 Å². The minimum Gasteiger partial charge on any atom is -0.317 e. The largest absolute Gasteiger partial charge is 0.317 e. The van der Waals surface area contributed by atoms with Crippen LogP contribution in [0.1, 0.15) is 232 Å². The van der Waals surface area contributed by atoms with Gasteiger partial charge in [0.1, 0.15) is 0 Å². The maximum Gasteiger partial charge on any atom is -0.00489 e. The maximum absolute atomic E-state index is 3.69. The van der Waals surface area contributed by atoms with Gasteiger partial charge in [-0.3, -0.25) is 0 Å². The normalized spacial score (nSPS) is 11.5. The molecule has 0 atom stereocenters. The van der Waals surface area contributed by atoms with Gasteiger partial charge in [-0.1, -0.05) is 219 Å². The highest BCUT2D eigenvalue weighted by atomic mass is 14.8. The number of rotatable bonds is 36. The number of unbranched alkanes of at least 4 members (excludes halogenated alkanes) is 32. The second kappa shape index (κ2) is 38.0. The lowest BCUT2D eigenvalue weighted by molar-refractivity contribution is 0.514. The van der Waals surface area contributed by atoms with Gasteiger partial charge in [-0.25, -0.2) is 0 Å². The molecule has 0 saturated carbocycles. The predicted octanol–water partition coefficient (Wildman–Crippen LogP) is 13.9. The van der Waals surface area contributed by atoms with Crippen LogP contribution in [0.3, 0.4) is 0 Å². The lowest BCUT2D eigenvalue weighted by Crippen LogP contribution is -2.16. The Bertz CT molecular complexity index is 356. The van der Waals surface area contributed by atoms with Crippen molar-refractivity contribution >= 4 is 0 Å². The zero-order chi connectivity index (χ0) is 28.2. The molecule has 0 aromatic rings. The molecule has 1 N–H and O–H groups in total. The van der Waals surface area contributed by atoms with E-state index in [0.29, 0.717) is 0 Å². The van der Waals surface area contributed by atoms with Crippen molar-refractivity contribution in [3.63, 3.8) is 0 Å². The van der Waals surface area contributed by atoms with E-state index < -0.39 is 0 Å². The molecule has 0 aliphatic carbocycles. The van der Waals surface area contributed by atoms with E-state index in [4.69, 9.17) is 0 Å². The molecule has 0 amide bonds. The van der Waals surface area contributed by atoms with Gasteiger partial charge in [0.15, 0.2) is 0 Å². The van der Waals surface area contributed by atoms with Crippen molar-refractivity contribution in [2.24, 2.45) is 0 Å². The van der Waals surface area contributed by atoms with Crippen LogP contribution < -0.4 is 5.32 Å². The van der Waals surface area contributed by atoms with E-state index in [-0.39, 0.29) is 0 Å². The first-order valence-corrected chi connectivity index (χ1v) is 19.1. The standard InChI is InChI=1S/C38H79N/c1-3-5-7-9-11-13-15-17-19-20-21-22-23-24-26-28-30-32-34-36-38-39-37-35-33-31-29-27-25-18-16-14-12-10-8-6-4-2/h39H,3-38H2,1-2H3. The quantitative estimate of drug-likeness (QED) is 0.0766. The fourth-order valence-electron chi connectivity index (χ4n) is 6.07. The van der Waals surface area contributed by atoms with Crippen molar-refractivity contribution in [1.29, 1.82) is 0 Å². The van der Waals surface area contributed by atoms with Gasteiger partial charge in [-0.05, 0) is 25.9 Å². The molecule has 0 aromatic heterocycles. The highest BCUT2D eigenvalue weighted by molar-refractivity contribution is 4.54. The summed E-state index contributed by atoms with van der Waals surface area (Å²) in [6, 6.07) is 0. The van der Waals surface area contributed by atoms with Crippen molar-refractivity contribution in [3.05, 3.63) is 0 Å². The summed E-state index contributed by atoms with van der Waals surface area (Å²) < 4.78 is 0. The minimum atomic E-state index is 1.25. The Labute approximate surface area is 250 Å². The number of hydrogen-bond donors (Lipinski definition) is 1. The molecule has 0 heterocycles. The molecule has 236 valence electrons. The molecule has 0 aromatic carbocycles. The molecule has 0 saturated heterocycles. The summed E-state index contributed by atoms with van der Waals surface area (Å²) >= 11 is 0. The Morgan fingerprint density at radius 3 is 0.538 bits per heavy atom. The van der Waals surface area contributed by atoms with Crippen molar-refractivity contribution in [2.45, 2.75) is 232 Å². The van der Waals surface area contributed by atoms with Crippen LogP contribution in [0, 0.1) is 0 Å². The zero-order valence-corrected chi connectivity index (χ0v) is 28.0. The lowest BCUT2D eigenvalue weighted by Gasteiger charge is -2.06. The first kappa shape index (κ1) is 39.0. The van der Waals surface area contributed by atoms with Crippen LogP contribution in [-0.2, 0) is 0 Å². The Morgan fingerprint density at radius 2 is 0.359 bits per heavy atom. The number of hydrogen-bond acceptors (Lipinski definition) is 1. The second-order valence-corrected chi connectivity index (χ2v) is 13.1. The van der Waals surface area contributed by atoms with E-state index >= 15 is 0 Å². The lowest BCUT2D eigenvalue weighted by atomic mass is 10.0. The van der Waals surface area contributed by atoms with Crippen molar-refractivity contribution in [3.8, 4) is 0 Å². The Hall–Kier alpha value is -0.0400. The van der Waals surface area contributed by atoms with E-state index in [0.717, 1.165) is 0 Å². The molecule has 0 bridgehead atoms.